The van der Waals surface area contributed by atoms with Crippen LogP contribution < -0.4 is 4.78 Å². The second kappa shape index (κ2) is 4.89. The van der Waals surface area contributed by atoms with E-state index >= 15 is 0 Å². The zero-order valence-corrected chi connectivity index (χ0v) is 10.5. The van der Waals surface area contributed by atoms with Crippen LogP contribution in [0.2, 0.25) is 0 Å². The highest BCUT2D eigenvalue weighted by atomic mass is 32.1. The number of carbonyl (C=O) groups excluding carboxylic acids is 2. The Hall–Kier alpha value is -1.34. The van der Waals surface area contributed by atoms with Crippen LogP contribution in [0.25, 0.3) is 0 Å². The summed E-state index contributed by atoms with van der Waals surface area (Å²) in [6.07, 6.45) is 0. The van der Waals surface area contributed by atoms with Gasteiger partial charge in [-0.15, -0.1) is 11.3 Å². The minimum atomic E-state index is -0.901. The molecule has 0 bridgehead atoms. The van der Waals surface area contributed by atoms with Gasteiger partial charge in [0.2, 0.25) is 0 Å². The summed E-state index contributed by atoms with van der Waals surface area (Å²) in [6, 6.07) is 3.70. The lowest BCUT2D eigenvalue weighted by molar-refractivity contribution is -0.145. The van der Waals surface area contributed by atoms with E-state index in [-0.39, 0.29) is 13.1 Å². The van der Waals surface area contributed by atoms with Crippen molar-refractivity contribution in [2.45, 2.75) is 6.92 Å². The molecule has 0 aromatic carbocycles. The number of thiophene rings is 1. The SMILES string of the molecule is Cc1ccc(B2OC(=O)CN(C)CC(=O)O2)s1. The molecule has 2 rings (SSSR count). The van der Waals surface area contributed by atoms with Crippen molar-refractivity contribution in [1.29, 1.82) is 0 Å². The Morgan fingerprint density at radius 2 is 1.82 bits per heavy atom. The number of hydrogen-bond acceptors (Lipinski definition) is 6. The first-order valence-corrected chi connectivity index (χ1v) is 6.00. The largest absolute Gasteiger partial charge is 0.647 e. The predicted molar refractivity (Wildman–Crippen MR) is 64.1 cm³/mol. The van der Waals surface area contributed by atoms with Crippen molar-refractivity contribution >= 4 is 35.2 Å². The monoisotopic (exact) mass is 253 g/mol. The molecule has 7 heteroatoms. The number of aryl methyl sites for hydroxylation is 1. The lowest BCUT2D eigenvalue weighted by Crippen LogP contribution is -2.47. The summed E-state index contributed by atoms with van der Waals surface area (Å²) >= 11 is 1.45. The molecule has 1 aromatic heterocycles. The van der Waals surface area contributed by atoms with Gasteiger partial charge in [-0.2, -0.15) is 0 Å². The Labute approximate surface area is 103 Å². The Morgan fingerprint density at radius 3 is 2.29 bits per heavy atom. The summed E-state index contributed by atoms with van der Waals surface area (Å²) < 4.78 is 11.0. The van der Waals surface area contributed by atoms with Gasteiger partial charge < -0.3 is 9.31 Å². The Morgan fingerprint density at radius 1 is 1.24 bits per heavy atom. The molecule has 1 saturated heterocycles. The fraction of sp³-hybridized carbons (Fsp3) is 0.400. The molecule has 17 heavy (non-hydrogen) atoms. The third-order valence-electron chi connectivity index (χ3n) is 2.27. The summed E-state index contributed by atoms with van der Waals surface area (Å²) in [5.74, 6) is -0.785. The quantitative estimate of drug-likeness (QED) is 0.648. The van der Waals surface area contributed by atoms with E-state index in [9.17, 15) is 9.59 Å². The standard InChI is InChI=1S/C10H12BNO4S/c1-7-3-4-8(17-7)11-15-9(13)5-12(2)6-10(14)16-11/h3-4H,5-6H2,1-2H3. The molecule has 0 saturated carbocycles. The lowest BCUT2D eigenvalue weighted by atomic mass is 9.87. The first-order valence-electron chi connectivity index (χ1n) is 5.18. The van der Waals surface area contributed by atoms with Gasteiger partial charge in [-0.25, -0.2) is 0 Å². The van der Waals surface area contributed by atoms with E-state index in [1.807, 2.05) is 13.0 Å². The van der Waals surface area contributed by atoms with E-state index in [4.69, 9.17) is 9.31 Å². The van der Waals surface area contributed by atoms with Gasteiger partial charge in [0.15, 0.2) is 0 Å². The van der Waals surface area contributed by atoms with Gasteiger partial charge in [0, 0.05) is 4.88 Å². The molecule has 0 unspecified atom stereocenters. The van der Waals surface area contributed by atoms with E-state index in [0.29, 0.717) is 0 Å². The van der Waals surface area contributed by atoms with E-state index < -0.39 is 19.1 Å². The van der Waals surface area contributed by atoms with Crippen LogP contribution in [0.3, 0.4) is 0 Å². The first-order chi connectivity index (χ1) is 8.04. The molecule has 1 aliphatic rings. The van der Waals surface area contributed by atoms with Crippen molar-refractivity contribution in [1.82, 2.24) is 4.90 Å². The van der Waals surface area contributed by atoms with Gasteiger partial charge in [-0.05, 0) is 26.1 Å². The molecule has 0 amide bonds. The molecular weight excluding hydrogens is 241 g/mol. The molecule has 1 fully saturated rings. The molecular formula is C10H12BNO4S. The minimum absolute atomic E-state index is 0.0932. The number of rotatable bonds is 1. The molecule has 90 valence electrons. The number of carbonyl (C=O) groups is 2. The maximum Gasteiger partial charge on any atom is 0.647 e. The summed E-state index contributed by atoms with van der Waals surface area (Å²) in [4.78, 5) is 25.6. The molecule has 1 aliphatic heterocycles. The molecule has 2 heterocycles. The maximum absolute atomic E-state index is 11.5. The van der Waals surface area contributed by atoms with Crippen LogP contribution in [0.5, 0.6) is 0 Å². The molecule has 0 radical (unpaired) electrons. The third-order valence-corrected chi connectivity index (χ3v) is 3.29. The second-order valence-corrected chi connectivity index (χ2v) is 5.25. The number of hydrogen-bond donors (Lipinski definition) is 0. The lowest BCUT2D eigenvalue weighted by Gasteiger charge is -2.21. The normalized spacial score (nSPS) is 18.4. The summed E-state index contributed by atoms with van der Waals surface area (Å²) in [6.45, 7) is 2.13. The fourth-order valence-corrected chi connectivity index (χ4v) is 2.37. The Bertz CT molecular complexity index is 427. The van der Waals surface area contributed by atoms with E-state index in [1.165, 1.54) is 11.3 Å². The van der Waals surface area contributed by atoms with E-state index in [1.54, 1.807) is 18.0 Å². The van der Waals surface area contributed by atoms with Crippen LogP contribution in [-0.4, -0.2) is 44.1 Å². The summed E-state index contributed by atoms with van der Waals surface area (Å²) in [5, 5.41) is 0. The predicted octanol–water partition coefficient (Wildman–Crippen LogP) is -0.216. The Balaban J connectivity index is 2.16. The van der Waals surface area contributed by atoms with Crippen LogP contribution in [0.1, 0.15) is 4.88 Å². The van der Waals surface area contributed by atoms with Gasteiger partial charge >= 0.3 is 19.1 Å². The molecule has 0 N–H and O–H groups in total. The van der Waals surface area contributed by atoms with Crippen molar-refractivity contribution in [3.8, 4) is 0 Å². The van der Waals surface area contributed by atoms with Gasteiger partial charge in [0.1, 0.15) is 0 Å². The van der Waals surface area contributed by atoms with Gasteiger partial charge in [-0.1, -0.05) is 0 Å². The fourth-order valence-electron chi connectivity index (χ4n) is 1.53. The average Bonchev–Trinajstić information content (AvgIpc) is 2.61. The van der Waals surface area contributed by atoms with Crippen molar-refractivity contribution in [2.75, 3.05) is 20.1 Å². The number of likely N-dealkylation sites (N-methyl/N-ethyl adjacent to an activating group) is 1. The van der Waals surface area contributed by atoms with Gasteiger partial charge in [-0.3, -0.25) is 14.5 Å². The zero-order chi connectivity index (χ0) is 12.4. The highest BCUT2D eigenvalue weighted by Crippen LogP contribution is 2.08. The molecule has 0 spiro atoms. The number of nitrogens with zero attached hydrogens (tertiary/aromatic N) is 1. The highest BCUT2D eigenvalue weighted by Gasteiger charge is 2.34. The smallest absolute Gasteiger partial charge is 0.494 e. The van der Waals surface area contributed by atoms with Crippen LogP contribution in [0.4, 0.5) is 0 Å². The average molecular weight is 253 g/mol. The zero-order valence-electron chi connectivity index (χ0n) is 9.63. The van der Waals surface area contributed by atoms with Crippen molar-refractivity contribution < 1.29 is 18.9 Å². The van der Waals surface area contributed by atoms with Crippen LogP contribution in [0, 0.1) is 6.92 Å². The molecule has 5 nitrogen and oxygen atoms in total. The van der Waals surface area contributed by atoms with E-state index in [2.05, 4.69) is 0 Å². The van der Waals surface area contributed by atoms with Crippen LogP contribution in [-0.2, 0) is 18.9 Å². The maximum atomic E-state index is 11.5. The highest BCUT2D eigenvalue weighted by molar-refractivity contribution is 7.22. The third kappa shape index (κ3) is 3.07. The molecule has 0 aliphatic carbocycles. The van der Waals surface area contributed by atoms with Crippen molar-refractivity contribution in [3.05, 3.63) is 17.0 Å². The van der Waals surface area contributed by atoms with Gasteiger partial charge in [0.25, 0.3) is 0 Å². The van der Waals surface area contributed by atoms with Crippen LogP contribution in [0.15, 0.2) is 12.1 Å². The summed E-state index contributed by atoms with van der Waals surface area (Å²) in [7, 11) is 0.764. The van der Waals surface area contributed by atoms with Crippen molar-refractivity contribution in [2.24, 2.45) is 0 Å². The minimum Gasteiger partial charge on any atom is -0.494 e. The van der Waals surface area contributed by atoms with E-state index in [0.717, 1.165) is 9.65 Å². The molecule has 1 aromatic rings. The van der Waals surface area contributed by atoms with Gasteiger partial charge in [0.05, 0.1) is 17.9 Å². The van der Waals surface area contributed by atoms with Crippen LogP contribution >= 0.6 is 11.3 Å². The second-order valence-electron chi connectivity index (χ2n) is 3.93. The first kappa shape index (κ1) is 12.1. The van der Waals surface area contributed by atoms with Crippen molar-refractivity contribution in [3.63, 3.8) is 0 Å². The summed E-state index contributed by atoms with van der Waals surface area (Å²) in [5.41, 5.74) is 0. The topological polar surface area (TPSA) is 55.8 Å². The molecule has 0 atom stereocenters. The Kier molecular flexibility index (Phi) is 3.49.